The number of hydrogen-bond donors (Lipinski definition) is 1. The maximum Gasteiger partial charge on any atom is 0.324 e. The van der Waals surface area contributed by atoms with Crippen LogP contribution in [0.15, 0.2) is 29.2 Å². The Bertz CT molecular complexity index is 695. The molecule has 0 radical (unpaired) electrons. The molecule has 1 rings (SSSR count). The highest BCUT2D eigenvalue weighted by molar-refractivity contribution is 7.89. The van der Waals surface area contributed by atoms with Crippen LogP contribution in [0.25, 0.3) is 0 Å². The van der Waals surface area contributed by atoms with Crippen LogP contribution in [0.3, 0.4) is 0 Å². The maximum absolute atomic E-state index is 12.4. The largest absolute Gasteiger partial charge is 0.459 e. The molecule has 0 amide bonds. The Morgan fingerprint density at radius 1 is 1.22 bits per heavy atom. The Labute approximate surface area is 137 Å². The van der Waals surface area contributed by atoms with Gasteiger partial charge in [0.1, 0.15) is 11.6 Å². The number of benzene rings is 1. The molecule has 6 nitrogen and oxygen atoms in total. The van der Waals surface area contributed by atoms with Gasteiger partial charge in [0.2, 0.25) is 10.0 Å². The fraction of sp³-hybridized carbons (Fsp3) is 0.500. The fourth-order valence-electron chi connectivity index (χ4n) is 1.77. The van der Waals surface area contributed by atoms with Gasteiger partial charge in [0.05, 0.1) is 16.5 Å². The molecule has 1 aromatic carbocycles. The van der Waals surface area contributed by atoms with Crippen molar-refractivity contribution in [3.63, 3.8) is 0 Å². The summed E-state index contributed by atoms with van der Waals surface area (Å²) in [6, 6.07) is 6.40. The van der Waals surface area contributed by atoms with Gasteiger partial charge in [0.15, 0.2) is 0 Å². The summed E-state index contributed by atoms with van der Waals surface area (Å²) < 4.78 is 32.5. The molecular weight excluding hydrogens is 316 g/mol. The lowest BCUT2D eigenvalue weighted by molar-refractivity contribution is -0.158. The first-order chi connectivity index (χ1) is 10.5. The average molecular weight is 338 g/mol. The highest BCUT2D eigenvalue weighted by Gasteiger charge is 2.32. The van der Waals surface area contributed by atoms with Crippen LogP contribution in [0.1, 0.15) is 40.2 Å². The molecule has 0 saturated heterocycles. The minimum absolute atomic E-state index is 0.00860. The van der Waals surface area contributed by atoms with E-state index in [2.05, 4.69) is 4.72 Å². The average Bonchev–Trinajstić information content (AvgIpc) is 2.42. The van der Waals surface area contributed by atoms with Crippen LogP contribution in [0.2, 0.25) is 0 Å². The lowest BCUT2D eigenvalue weighted by atomic mass is 10.1. The Kier molecular flexibility index (Phi) is 5.92. The number of hydrogen-bond acceptors (Lipinski definition) is 5. The van der Waals surface area contributed by atoms with Crippen LogP contribution in [0.4, 0.5) is 0 Å². The SMILES string of the molecule is CC(C)[C@@H](NS(=O)(=O)c1ccc(C#N)cc1)C(=O)OC(C)(C)C. The quantitative estimate of drug-likeness (QED) is 0.830. The van der Waals surface area contributed by atoms with Gasteiger partial charge in [-0.05, 0) is 51.0 Å². The summed E-state index contributed by atoms with van der Waals surface area (Å²) in [7, 11) is -3.89. The Morgan fingerprint density at radius 3 is 2.13 bits per heavy atom. The molecule has 0 saturated carbocycles. The molecule has 126 valence electrons. The number of nitrogens with zero attached hydrogens (tertiary/aromatic N) is 1. The molecule has 0 aliphatic rings. The van der Waals surface area contributed by atoms with Gasteiger partial charge in [0.25, 0.3) is 0 Å². The smallest absolute Gasteiger partial charge is 0.324 e. The summed E-state index contributed by atoms with van der Waals surface area (Å²) in [6.45, 7) is 8.62. The third-order valence-corrected chi connectivity index (χ3v) is 4.36. The van der Waals surface area contributed by atoms with Crippen molar-refractivity contribution in [2.45, 2.75) is 51.2 Å². The van der Waals surface area contributed by atoms with Crippen LogP contribution >= 0.6 is 0 Å². The number of sulfonamides is 1. The van der Waals surface area contributed by atoms with E-state index in [-0.39, 0.29) is 10.8 Å². The van der Waals surface area contributed by atoms with Crippen LogP contribution in [0, 0.1) is 17.2 Å². The van der Waals surface area contributed by atoms with E-state index in [0.717, 1.165) is 0 Å². The number of nitrogens with one attached hydrogen (secondary N) is 1. The Balaban J connectivity index is 3.02. The van der Waals surface area contributed by atoms with E-state index >= 15 is 0 Å². The number of rotatable bonds is 5. The standard InChI is InChI=1S/C16H22N2O4S/c1-11(2)14(15(19)22-16(3,4)5)18-23(20,21)13-8-6-12(10-17)7-9-13/h6-9,11,14,18H,1-5H3/t14-/m1/s1. The molecule has 1 atom stereocenters. The van der Waals surface area contributed by atoms with E-state index in [1.807, 2.05) is 6.07 Å². The first-order valence-corrected chi connectivity index (χ1v) is 8.70. The molecule has 0 spiro atoms. The normalized spacial score (nSPS) is 13.4. The second-order valence-electron chi connectivity index (χ2n) is 6.51. The van der Waals surface area contributed by atoms with Gasteiger partial charge in [-0.2, -0.15) is 9.98 Å². The second-order valence-corrected chi connectivity index (χ2v) is 8.23. The first-order valence-electron chi connectivity index (χ1n) is 7.21. The van der Waals surface area contributed by atoms with Crippen molar-refractivity contribution >= 4 is 16.0 Å². The molecule has 0 fully saturated rings. The van der Waals surface area contributed by atoms with Crippen LogP contribution in [0.5, 0.6) is 0 Å². The second kappa shape index (κ2) is 7.11. The molecule has 0 aromatic heterocycles. The van der Waals surface area contributed by atoms with Crippen molar-refractivity contribution < 1.29 is 17.9 Å². The topological polar surface area (TPSA) is 96.3 Å². The van der Waals surface area contributed by atoms with E-state index in [1.54, 1.807) is 34.6 Å². The zero-order valence-electron chi connectivity index (χ0n) is 14.0. The van der Waals surface area contributed by atoms with E-state index in [4.69, 9.17) is 10.00 Å². The molecule has 0 heterocycles. The van der Waals surface area contributed by atoms with Gasteiger partial charge >= 0.3 is 5.97 Å². The highest BCUT2D eigenvalue weighted by atomic mass is 32.2. The summed E-state index contributed by atoms with van der Waals surface area (Å²) in [4.78, 5) is 12.2. The van der Waals surface area contributed by atoms with Crippen molar-refractivity contribution in [3.8, 4) is 6.07 Å². The summed E-state index contributed by atoms with van der Waals surface area (Å²) in [5, 5.41) is 8.75. The molecule has 1 N–H and O–H groups in total. The van der Waals surface area contributed by atoms with E-state index in [1.165, 1.54) is 24.3 Å². The van der Waals surface area contributed by atoms with Crippen LogP contribution in [-0.4, -0.2) is 26.0 Å². The summed E-state index contributed by atoms with van der Waals surface area (Å²) >= 11 is 0. The summed E-state index contributed by atoms with van der Waals surface area (Å²) in [5.41, 5.74) is -0.346. The van der Waals surface area contributed by atoms with E-state index < -0.39 is 27.6 Å². The van der Waals surface area contributed by atoms with Crippen molar-refractivity contribution in [1.82, 2.24) is 4.72 Å². The Hall–Kier alpha value is -1.91. The molecule has 1 aromatic rings. The van der Waals surface area contributed by atoms with Gasteiger partial charge in [-0.25, -0.2) is 8.42 Å². The number of esters is 1. The zero-order valence-corrected chi connectivity index (χ0v) is 14.8. The number of ether oxygens (including phenoxy) is 1. The Morgan fingerprint density at radius 2 is 1.74 bits per heavy atom. The number of carbonyl (C=O) groups is 1. The van der Waals surface area contributed by atoms with E-state index in [0.29, 0.717) is 5.56 Å². The van der Waals surface area contributed by atoms with Crippen LogP contribution < -0.4 is 4.72 Å². The predicted octanol–water partition coefficient (Wildman–Crippen LogP) is 2.20. The third kappa shape index (κ3) is 5.66. The molecule has 0 aliphatic heterocycles. The van der Waals surface area contributed by atoms with Crippen molar-refractivity contribution in [3.05, 3.63) is 29.8 Å². The third-order valence-electron chi connectivity index (χ3n) is 2.90. The van der Waals surface area contributed by atoms with E-state index in [9.17, 15) is 13.2 Å². The summed E-state index contributed by atoms with van der Waals surface area (Å²) in [5.74, 6) is -0.900. The lowest BCUT2D eigenvalue weighted by Crippen LogP contribution is -2.47. The maximum atomic E-state index is 12.4. The van der Waals surface area contributed by atoms with Gasteiger partial charge in [-0.15, -0.1) is 0 Å². The fourth-order valence-corrected chi connectivity index (χ4v) is 3.10. The molecule has 7 heteroatoms. The predicted molar refractivity (Wildman–Crippen MR) is 85.9 cm³/mol. The van der Waals surface area contributed by atoms with Gasteiger partial charge in [-0.1, -0.05) is 13.8 Å². The molecule has 23 heavy (non-hydrogen) atoms. The zero-order chi connectivity index (χ0) is 17.8. The number of carbonyl (C=O) groups excluding carboxylic acids is 1. The van der Waals surface area contributed by atoms with Crippen molar-refractivity contribution in [2.75, 3.05) is 0 Å². The first kappa shape index (κ1) is 19.1. The minimum atomic E-state index is -3.89. The number of nitriles is 1. The highest BCUT2D eigenvalue weighted by Crippen LogP contribution is 2.16. The van der Waals surface area contributed by atoms with Gasteiger partial charge < -0.3 is 4.74 Å². The van der Waals surface area contributed by atoms with Crippen LogP contribution in [-0.2, 0) is 19.6 Å². The molecule has 0 unspecified atom stereocenters. The molecule has 0 aliphatic carbocycles. The molecular formula is C16H22N2O4S. The summed E-state index contributed by atoms with van der Waals surface area (Å²) in [6.07, 6.45) is 0. The van der Waals surface area contributed by atoms with Crippen molar-refractivity contribution in [2.24, 2.45) is 5.92 Å². The lowest BCUT2D eigenvalue weighted by Gasteiger charge is -2.26. The monoisotopic (exact) mass is 338 g/mol. The molecule has 0 bridgehead atoms. The minimum Gasteiger partial charge on any atom is -0.459 e. The van der Waals surface area contributed by atoms with Gasteiger partial charge in [0, 0.05) is 0 Å². The van der Waals surface area contributed by atoms with Gasteiger partial charge in [-0.3, -0.25) is 4.79 Å². The van der Waals surface area contributed by atoms with Crippen molar-refractivity contribution in [1.29, 1.82) is 5.26 Å².